The molecule has 0 amide bonds. The summed E-state index contributed by atoms with van der Waals surface area (Å²) < 4.78 is 18.7. The Balaban J connectivity index is 1.86. The first-order valence-electron chi connectivity index (χ1n) is 11.1. The first-order chi connectivity index (χ1) is 16.8. The van der Waals surface area contributed by atoms with Crippen LogP contribution in [-0.4, -0.2) is 37.8 Å². The zero-order chi connectivity index (χ0) is 25.1. The Morgan fingerprint density at radius 1 is 1.26 bits per heavy atom. The Bertz CT molecular complexity index is 1460. The van der Waals surface area contributed by atoms with Crippen LogP contribution in [0.15, 0.2) is 74.5 Å². The molecule has 0 bridgehead atoms. The van der Waals surface area contributed by atoms with Gasteiger partial charge in [-0.25, -0.2) is 9.79 Å². The van der Waals surface area contributed by atoms with Gasteiger partial charge in [-0.1, -0.05) is 36.1 Å². The van der Waals surface area contributed by atoms with Crippen molar-refractivity contribution < 1.29 is 18.7 Å². The first kappa shape index (κ1) is 24.3. The summed E-state index contributed by atoms with van der Waals surface area (Å²) in [6.07, 6.45) is 3.36. The Morgan fingerprint density at radius 3 is 2.63 bits per heavy atom. The Kier molecular flexibility index (Phi) is 7.07. The fourth-order valence-corrected chi connectivity index (χ4v) is 4.82. The van der Waals surface area contributed by atoms with Crippen LogP contribution in [0.25, 0.3) is 6.08 Å². The maximum absolute atomic E-state index is 13.6. The Labute approximate surface area is 206 Å². The number of furan rings is 1. The predicted octanol–water partition coefficient (Wildman–Crippen LogP) is 3.02. The van der Waals surface area contributed by atoms with Crippen molar-refractivity contribution in [1.29, 1.82) is 0 Å². The minimum Gasteiger partial charge on any atom is -0.490 e. The van der Waals surface area contributed by atoms with Gasteiger partial charge in [-0.3, -0.25) is 9.36 Å². The van der Waals surface area contributed by atoms with E-state index in [1.54, 1.807) is 42.7 Å². The molecule has 35 heavy (non-hydrogen) atoms. The van der Waals surface area contributed by atoms with Crippen molar-refractivity contribution in [2.45, 2.75) is 19.9 Å². The van der Waals surface area contributed by atoms with E-state index in [1.807, 2.05) is 43.3 Å². The average Bonchev–Trinajstić information content (AvgIpc) is 3.42. The largest absolute Gasteiger partial charge is 0.490 e. The molecular weight excluding hydrogens is 466 g/mol. The van der Waals surface area contributed by atoms with Crippen LogP contribution < -0.4 is 24.5 Å². The summed E-state index contributed by atoms with van der Waals surface area (Å²) in [5, 5.41) is 0. The van der Waals surface area contributed by atoms with Gasteiger partial charge in [0.15, 0.2) is 10.7 Å². The van der Waals surface area contributed by atoms with Crippen LogP contribution in [0.1, 0.15) is 31.2 Å². The lowest BCUT2D eigenvalue weighted by atomic mass is 9.96. The highest BCUT2D eigenvalue weighted by Crippen LogP contribution is 2.31. The molecule has 0 aliphatic carbocycles. The number of anilines is 1. The molecule has 2 aromatic heterocycles. The molecule has 0 saturated heterocycles. The molecule has 1 aliphatic rings. The number of esters is 1. The van der Waals surface area contributed by atoms with E-state index >= 15 is 0 Å². The smallest absolute Gasteiger partial charge is 0.338 e. The van der Waals surface area contributed by atoms with E-state index in [4.69, 9.17) is 13.9 Å². The number of benzene rings is 1. The van der Waals surface area contributed by atoms with Gasteiger partial charge in [-0.2, -0.15) is 0 Å². The van der Waals surface area contributed by atoms with E-state index < -0.39 is 12.0 Å². The fourth-order valence-electron chi connectivity index (χ4n) is 3.80. The maximum atomic E-state index is 13.6. The molecule has 3 aromatic rings. The van der Waals surface area contributed by atoms with E-state index in [1.165, 1.54) is 11.3 Å². The number of ether oxygens (including phenoxy) is 2. The lowest BCUT2D eigenvalue weighted by Crippen LogP contribution is -2.39. The number of fused-ring (bicyclic) bond motifs is 1. The van der Waals surface area contributed by atoms with Gasteiger partial charge in [0.25, 0.3) is 5.56 Å². The topological polar surface area (TPSA) is 86.3 Å². The van der Waals surface area contributed by atoms with Gasteiger partial charge in [0, 0.05) is 26.2 Å². The number of rotatable bonds is 8. The minimum absolute atomic E-state index is 0.216. The highest BCUT2D eigenvalue weighted by molar-refractivity contribution is 7.07. The number of carbonyl (C=O) groups is 1. The van der Waals surface area contributed by atoms with E-state index in [2.05, 4.69) is 11.6 Å². The van der Waals surface area contributed by atoms with Crippen LogP contribution >= 0.6 is 11.3 Å². The fraction of sp³-hybridized carbons (Fsp3) is 0.269. The molecule has 1 aromatic carbocycles. The van der Waals surface area contributed by atoms with E-state index in [-0.39, 0.29) is 12.2 Å². The van der Waals surface area contributed by atoms with Crippen molar-refractivity contribution >= 4 is 29.3 Å². The molecule has 1 aliphatic heterocycles. The first-order valence-corrected chi connectivity index (χ1v) is 12.0. The summed E-state index contributed by atoms with van der Waals surface area (Å²) in [5.41, 5.74) is 1.33. The second-order valence-corrected chi connectivity index (χ2v) is 9.05. The van der Waals surface area contributed by atoms with Crippen LogP contribution in [0.2, 0.25) is 0 Å². The maximum Gasteiger partial charge on any atom is 0.338 e. The molecule has 8 nitrogen and oxygen atoms in total. The minimum atomic E-state index is -0.685. The Morgan fingerprint density at radius 2 is 2.00 bits per heavy atom. The molecule has 0 spiro atoms. The van der Waals surface area contributed by atoms with Crippen LogP contribution in [-0.2, 0) is 9.53 Å². The lowest BCUT2D eigenvalue weighted by molar-refractivity contribution is -0.139. The number of thiazole rings is 1. The third-order valence-electron chi connectivity index (χ3n) is 5.41. The molecule has 0 radical (unpaired) electrons. The Hall–Kier alpha value is -3.85. The van der Waals surface area contributed by atoms with Gasteiger partial charge in [-0.05, 0) is 37.6 Å². The van der Waals surface area contributed by atoms with E-state index in [0.717, 1.165) is 5.56 Å². The molecule has 1 atom stereocenters. The van der Waals surface area contributed by atoms with Crippen LogP contribution in [0.5, 0.6) is 5.75 Å². The molecule has 9 heteroatoms. The molecule has 4 rings (SSSR count). The zero-order valence-corrected chi connectivity index (χ0v) is 20.9. The van der Waals surface area contributed by atoms with E-state index in [9.17, 15) is 9.59 Å². The molecule has 1 unspecified atom stereocenters. The van der Waals surface area contributed by atoms with Crippen LogP contribution in [0.3, 0.4) is 0 Å². The highest BCUT2D eigenvalue weighted by atomic mass is 32.1. The normalized spacial score (nSPS) is 15.4. The van der Waals surface area contributed by atoms with Crippen LogP contribution in [0.4, 0.5) is 5.88 Å². The van der Waals surface area contributed by atoms with Gasteiger partial charge in [0.1, 0.15) is 18.1 Å². The monoisotopic (exact) mass is 493 g/mol. The van der Waals surface area contributed by atoms with E-state index in [0.29, 0.717) is 44.6 Å². The highest BCUT2D eigenvalue weighted by Gasteiger charge is 2.33. The summed E-state index contributed by atoms with van der Waals surface area (Å²) in [7, 11) is 3.76. The quantitative estimate of drug-likeness (QED) is 0.354. The third kappa shape index (κ3) is 4.85. The van der Waals surface area contributed by atoms with Crippen molar-refractivity contribution in [3.8, 4) is 5.75 Å². The number of nitrogens with zero attached hydrogens (tertiary/aromatic N) is 3. The number of hydrogen-bond donors (Lipinski definition) is 0. The SMILES string of the molecule is C=CCOc1ccc(C2C(C(=O)OCC)=C(C)N=c3sc(=Cc4ccc(N(C)C)o4)c(=O)n32)cc1. The van der Waals surface area contributed by atoms with Gasteiger partial charge in [0.05, 0.1) is 28.5 Å². The summed E-state index contributed by atoms with van der Waals surface area (Å²) >= 11 is 1.25. The second-order valence-electron chi connectivity index (χ2n) is 8.04. The predicted molar refractivity (Wildman–Crippen MR) is 136 cm³/mol. The number of hydrogen-bond acceptors (Lipinski definition) is 8. The van der Waals surface area contributed by atoms with Gasteiger partial charge in [-0.15, -0.1) is 0 Å². The second kappa shape index (κ2) is 10.2. The van der Waals surface area contributed by atoms with Gasteiger partial charge >= 0.3 is 5.97 Å². The van der Waals surface area contributed by atoms with Crippen LogP contribution in [0, 0.1) is 0 Å². The van der Waals surface area contributed by atoms with Crippen molar-refractivity contribution in [3.63, 3.8) is 0 Å². The lowest BCUT2D eigenvalue weighted by Gasteiger charge is -2.24. The summed E-state index contributed by atoms with van der Waals surface area (Å²) in [5.74, 6) is 1.40. The molecule has 0 N–H and O–H groups in total. The summed E-state index contributed by atoms with van der Waals surface area (Å²) in [4.78, 5) is 33.5. The van der Waals surface area contributed by atoms with Crippen molar-refractivity contribution in [2.75, 3.05) is 32.2 Å². The number of allylic oxidation sites excluding steroid dienone is 1. The standard InChI is InChI=1S/C26H27N3O5S/c1-6-14-33-18-10-8-17(9-11-18)23-22(25(31)32-7-2)16(3)27-26-29(23)24(30)20(35-26)15-19-12-13-21(34-19)28(4)5/h6,8-13,15,23H,1,7,14H2,2-5H3. The third-order valence-corrected chi connectivity index (χ3v) is 6.39. The zero-order valence-electron chi connectivity index (χ0n) is 20.1. The summed E-state index contributed by atoms with van der Waals surface area (Å²) in [6, 6.07) is 10.3. The molecular formula is C26H27N3O5S. The molecule has 182 valence electrons. The summed E-state index contributed by atoms with van der Waals surface area (Å²) in [6.45, 7) is 7.76. The van der Waals surface area contributed by atoms with Crippen molar-refractivity contribution in [3.05, 3.63) is 91.3 Å². The number of aromatic nitrogens is 1. The molecule has 0 fully saturated rings. The number of carbonyl (C=O) groups excluding carboxylic acids is 1. The van der Waals surface area contributed by atoms with Crippen molar-refractivity contribution in [2.24, 2.45) is 4.99 Å². The van der Waals surface area contributed by atoms with Gasteiger partial charge in [0.2, 0.25) is 0 Å². The van der Waals surface area contributed by atoms with Gasteiger partial charge < -0.3 is 18.8 Å². The average molecular weight is 494 g/mol. The molecule has 0 saturated carbocycles. The molecule has 3 heterocycles. The van der Waals surface area contributed by atoms with Crippen molar-refractivity contribution in [1.82, 2.24) is 4.57 Å².